The number of rotatable bonds is 6. The van der Waals surface area contributed by atoms with Crippen LogP contribution in [0.25, 0.3) is 22.2 Å². The average molecular weight is 387 g/mol. The molecule has 0 aliphatic rings. The number of carbonyl (C=O) groups is 1. The van der Waals surface area contributed by atoms with Gasteiger partial charge >= 0.3 is 5.97 Å². The molecule has 0 spiro atoms. The summed E-state index contributed by atoms with van der Waals surface area (Å²) in [5, 5.41) is 12.3. The van der Waals surface area contributed by atoms with Crippen LogP contribution in [0.3, 0.4) is 0 Å². The highest BCUT2D eigenvalue weighted by molar-refractivity contribution is 6.06. The largest absolute Gasteiger partial charge is 0.454 e. The van der Waals surface area contributed by atoms with Gasteiger partial charge in [0, 0.05) is 17.5 Å². The molecule has 2 heterocycles. The summed E-state index contributed by atoms with van der Waals surface area (Å²) in [5.74, 6) is 0.115. The Morgan fingerprint density at radius 3 is 2.62 bits per heavy atom. The van der Waals surface area contributed by atoms with E-state index < -0.39 is 5.97 Å². The molecule has 0 fully saturated rings. The topological polar surface area (TPSA) is 82.8 Å². The second-order valence-corrected chi connectivity index (χ2v) is 6.74. The van der Waals surface area contributed by atoms with Crippen LogP contribution < -0.4 is 0 Å². The highest BCUT2D eigenvalue weighted by Crippen LogP contribution is 2.30. The van der Waals surface area contributed by atoms with Crippen molar-refractivity contribution in [1.82, 2.24) is 25.2 Å². The predicted octanol–water partition coefficient (Wildman–Crippen LogP) is 3.96. The summed E-state index contributed by atoms with van der Waals surface area (Å²) in [7, 11) is 0. The number of fused-ring (bicyclic) bond motifs is 1. The summed E-state index contributed by atoms with van der Waals surface area (Å²) in [4.78, 5) is 17.9. The average Bonchev–Trinajstić information content (AvgIpc) is 3.19. The minimum absolute atomic E-state index is 0.0165. The third-order valence-corrected chi connectivity index (χ3v) is 4.76. The lowest BCUT2D eigenvalue weighted by Gasteiger charge is -2.14. The van der Waals surface area contributed by atoms with E-state index in [1.54, 1.807) is 4.68 Å². The number of nitrogens with zero attached hydrogens (tertiary/aromatic N) is 5. The van der Waals surface area contributed by atoms with Gasteiger partial charge in [0.1, 0.15) is 0 Å². The zero-order valence-corrected chi connectivity index (χ0v) is 16.4. The van der Waals surface area contributed by atoms with Gasteiger partial charge in [0.2, 0.25) is 0 Å². The number of para-hydroxylation sites is 1. The van der Waals surface area contributed by atoms with E-state index in [1.807, 2.05) is 68.4 Å². The summed E-state index contributed by atoms with van der Waals surface area (Å²) in [5.41, 5.74) is 3.78. The molecule has 0 aliphatic carbocycles. The first kappa shape index (κ1) is 18.7. The SMILES string of the molecule is CCCn1nnnc1COC(=O)c1c(C)c(-c2ccccc2)nc2ccccc12. The van der Waals surface area contributed by atoms with Gasteiger partial charge in [-0.3, -0.25) is 0 Å². The summed E-state index contributed by atoms with van der Waals surface area (Å²) >= 11 is 0. The molecule has 0 saturated carbocycles. The highest BCUT2D eigenvalue weighted by atomic mass is 16.5. The fourth-order valence-corrected chi connectivity index (χ4v) is 3.36. The smallest absolute Gasteiger partial charge is 0.339 e. The van der Waals surface area contributed by atoms with Gasteiger partial charge in [-0.25, -0.2) is 14.5 Å². The molecule has 2 aromatic heterocycles. The molecule has 0 aliphatic heterocycles. The standard InChI is InChI=1S/C22H21N5O2/c1-3-13-27-19(24-25-26-27)14-29-22(28)20-15(2)21(16-9-5-4-6-10-16)23-18-12-8-7-11-17(18)20/h4-12H,3,13-14H2,1-2H3. The Kier molecular flexibility index (Phi) is 5.29. The summed E-state index contributed by atoms with van der Waals surface area (Å²) in [6, 6.07) is 17.4. The summed E-state index contributed by atoms with van der Waals surface area (Å²) in [6.07, 6.45) is 0.889. The molecule has 0 bridgehead atoms. The van der Waals surface area contributed by atoms with E-state index >= 15 is 0 Å². The maximum absolute atomic E-state index is 13.1. The van der Waals surface area contributed by atoms with Crippen molar-refractivity contribution in [2.75, 3.05) is 0 Å². The molecular weight excluding hydrogens is 366 g/mol. The molecule has 0 amide bonds. The van der Waals surface area contributed by atoms with Crippen molar-refractivity contribution in [1.29, 1.82) is 0 Å². The Morgan fingerprint density at radius 1 is 1.07 bits per heavy atom. The van der Waals surface area contributed by atoms with Gasteiger partial charge in [-0.05, 0) is 35.4 Å². The molecule has 7 nitrogen and oxygen atoms in total. The lowest BCUT2D eigenvalue weighted by atomic mass is 9.98. The second kappa shape index (κ2) is 8.18. The van der Waals surface area contributed by atoms with Gasteiger partial charge in [-0.1, -0.05) is 55.5 Å². The van der Waals surface area contributed by atoms with Crippen molar-refractivity contribution < 1.29 is 9.53 Å². The van der Waals surface area contributed by atoms with Crippen LogP contribution in [0, 0.1) is 6.92 Å². The van der Waals surface area contributed by atoms with Crippen LogP contribution in [0.15, 0.2) is 54.6 Å². The third-order valence-electron chi connectivity index (χ3n) is 4.76. The molecule has 4 aromatic rings. The van der Waals surface area contributed by atoms with Crippen LogP contribution in [-0.2, 0) is 17.9 Å². The number of hydrogen-bond donors (Lipinski definition) is 0. The highest BCUT2D eigenvalue weighted by Gasteiger charge is 2.21. The van der Waals surface area contributed by atoms with Gasteiger partial charge in [-0.2, -0.15) is 0 Å². The van der Waals surface area contributed by atoms with Gasteiger partial charge < -0.3 is 4.74 Å². The molecule has 7 heteroatoms. The molecule has 146 valence electrons. The number of ether oxygens (including phenoxy) is 1. The number of esters is 1. The fourth-order valence-electron chi connectivity index (χ4n) is 3.36. The van der Waals surface area contributed by atoms with Crippen LogP contribution in [0.4, 0.5) is 0 Å². The minimum atomic E-state index is -0.413. The van der Waals surface area contributed by atoms with E-state index in [2.05, 4.69) is 15.5 Å². The summed E-state index contributed by atoms with van der Waals surface area (Å²) < 4.78 is 7.26. The molecule has 0 radical (unpaired) electrons. The number of pyridine rings is 1. The van der Waals surface area contributed by atoms with Crippen LogP contribution >= 0.6 is 0 Å². The molecule has 0 saturated heterocycles. The zero-order chi connectivity index (χ0) is 20.2. The number of benzene rings is 2. The molecule has 2 aromatic carbocycles. The van der Waals surface area contributed by atoms with Crippen LogP contribution in [0.1, 0.15) is 35.1 Å². The maximum Gasteiger partial charge on any atom is 0.339 e. The van der Waals surface area contributed by atoms with E-state index in [0.29, 0.717) is 17.9 Å². The minimum Gasteiger partial charge on any atom is -0.454 e. The third kappa shape index (κ3) is 3.71. The predicted molar refractivity (Wildman–Crippen MR) is 109 cm³/mol. The van der Waals surface area contributed by atoms with Crippen LogP contribution in [0.5, 0.6) is 0 Å². The molecule has 0 N–H and O–H groups in total. The monoisotopic (exact) mass is 387 g/mol. The first-order chi connectivity index (χ1) is 14.2. The van der Waals surface area contributed by atoms with Crippen molar-refractivity contribution in [3.63, 3.8) is 0 Å². The second-order valence-electron chi connectivity index (χ2n) is 6.74. The molecule has 4 rings (SSSR count). The van der Waals surface area contributed by atoms with Crippen LogP contribution in [0.2, 0.25) is 0 Å². The number of aromatic nitrogens is 5. The fraction of sp³-hybridized carbons (Fsp3) is 0.227. The Labute approximate surface area is 168 Å². The van der Waals surface area contributed by atoms with Gasteiger partial charge in [-0.15, -0.1) is 5.10 Å². The van der Waals surface area contributed by atoms with E-state index in [1.165, 1.54) is 0 Å². The number of carbonyl (C=O) groups excluding carboxylic acids is 1. The van der Waals surface area contributed by atoms with Crippen molar-refractivity contribution in [2.45, 2.75) is 33.4 Å². The number of tetrazole rings is 1. The molecule has 29 heavy (non-hydrogen) atoms. The Morgan fingerprint density at radius 2 is 1.83 bits per heavy atom. The lowest BCUT2D eigenvalue weighted by molar-refractivity contribution is 0.0458. The van der Waals surface area contributed by atoms with Crippen LogP contribution in [-0.4, -0.2) is 31.2 Å². The summed E-state index contributed by atoms with van der Waals surface area (Å²) in [6.45, 7) is 4.63. The normalized spacial score (nSPS) is 11.0. The first-order valence-corrected chi connectivity index (χ1v) is 9.56. The van der Waals surface area contributed by atoms with Crippen molar-refractivity contribution in [3.8, 4) is 11.3 Å². The lowest BCUT2D eigenvalue weighted by Crippen LogP contribution is -2.13. The van der Waals surface area contributed by atoms with E-state index in [-0.39, 0.29) is 6.61 Å². The molecular formula is C22H21N5O2. The Hall–Kier alpha value is -3.61. The molecule has 0 unspecified atom stereocenters. The number of hydrogen-bond acceptors (Lipinski definition) is 6. The van der Waals surface area contributed by atoms with Crippen molar-refractivity contribution in [2.24, 2.45) is 0 Å². The van der Waals surface area contributed by atoms with Gasteiger partial charge in [0.25, 0.3) is 0 Å². The van der Waals surface area contributed by atoms with E-state index in [0.717, 1.165) is 34.1 Å². The number of aryl methyl sites for hydroxylation is 1. The van der Waals surface area contributed by atoms with Crippen molar-refractivity contribution >= 4 is 16.9 Å². The quantitative estimate of drug-likeness (QED) is 0.466. The van der Waals surface area contributed by atoms with Gasteiger partial charge in [0.15, 0.2) is 12.4 Å². The van der Waals surface area contributed by atoms with Gasteiger partial charge in [0.05, 0.1) is 16.8 Å². The Bertz CT molecular complexity index is 1150. The van der Waals surface area contributed by atoms with Crippen molar-refractivity contribution in [3.05, 3.63) is 71.5 Å². The zero-order valence-electron chi connectivity index (χ0n) is 16.4. The van der Waals surface area contributed by atoms with E-state index in [4.69, 9.17) is 9.72 Å². The van der Waals surface area contributed by atoms with E-state index in [9.17, 15) is 4.79 Å². The molecule has 0 atom stereocenters. The maximum atomic E-state index is 13.1. The first-order valence-electron chi connectivity index (χ1n) is 9.56. The Balaban J connectivity index is 1.73.